The lowest BCUT2D eigenvalue weighted by Gasteiger charge is -2.17. The van der Waals surface area contributed by atoms with Gasteiger partial charge in [-0.15, -0.1) is 0 Å². The number of carbonyl (C=O) groups excluding carboxylic acids is 1. The molecule has 0 fully saturated rings. The fourth-order valence-corrected chi connectivity index (χ4v) is 2.18. The maximum atomic E-state index is 12.8. The molecule has 148 valence electrons. The van der Waals surface area contributed by atoms with E-state index >= 15 is 0 Å². The first kappa shape index (κ1) is 22.3. The van der Waals surface area contributed by atoms with Crippen molar-refractivity contribution >= 4 is 11.9 Å². The molecular weight excluding hydrogens is 382 g/mol. The Morgan fingerprint density at radius 3 is 1.96 bits per heavy atom. The third-order valence-corrected chi connectivity index (χ3v) is 3.46. The predicted molar refractivity (Wildman–Crippen MR) is 79.1 cm³/mol. The van der Waals surface area contributed by atoms with Gasteiger partial charge < -0.3 is 10.4 Å². The SMILES string of the molecule is C[C@H](C#N)C[C@@H](NC(=O)Cc1cc(C(F)(F)F)cc(C(F)(F)F)c1)C(=O)O. The summed E-state index contributed by atoms with van der Waals surface area (Å²) < 4.78 is 76.8. The molecular formula is C16H14F6N2O3. The van der Waals surface area contributed by atoms with E-state index in [2.05, 4.69) is 0 Å². The molecule has 11 heteroatoms. The zero-order chi connectivity index (χ0) is 21.0. The molecule has 0 spiro atoms. The molecule has 0 bridgehead atoms. The average molecular weight is 396 g/mol. The van der Waals surface area contributed by atoms with Crippen LogP contribution >= 0.6 is 0 Å². The van der Waals surface area contributed by atoms with E-state index in [1.54, 1.807) is 6.07 Å². The van der Waals surface area contributed by atoms with Crippen molar-refractivity contribution in [3.05, 3.63) is 34.9 Å². The second kappa shape index (κ2) is 8.28. The first-order valence-electron chi connectivity index (χ1n) is 7.44. The highest BCUT2D eigenvalue weighted by Gasteiger charge is 2.37. The molecule has 2 N–H and O–H groups in total. The highest BCUT2D eigenvalue weighted by atomic mass is 19.4. The molecule has 0 heterocycles. The van der Waals surface area contributed by atoms with Crippen LogP contribution in [0.1, 0.15) is 30.0 Å². The number of hydrogen-bond donors (Lipinski definition) is 2. The molecule has 0 unspecified atom stereocenters. The summed E-state index contributed by atoms with van der Waals surface area (Å²) >= 11 is 0. The van der Waals surface area contributed by atoms with Crippen LogP contribution in [-0.2, 0) is 28.4 Å². The van der Waals surface area contributed by atoms with E-state index in [4.69, 9.17) is 10.4 Å². The number of benzene rings is 1. The molecule has 0 saturated carbocycles. The van der Waals surface area contributed by atoms with Crippen LogP contribution in [0.4, 0.5) is 26.3 Å². The summed E-state index contributed by atoms with van der Waals surface area (Å²) in [6.07, 6.45) is -11.3. The Kier molecular flexibility index (Phi) is 6.83. The van der Waals surface area contributed by atoms with E-state index in [-0.39, 0.29) is 12.5 Å². The standard InChI is InChI=1S/C16H14F6N2O3/c1-8(7-23)2-12(14(26)27)24-13(25)5-9-3-10(15(17,18)19)6-11(4-9)16(20,21)22/h3-4,6,8,12H,2,5H2,1H3,(H,24,25)(H,26,27)/t8-,12+/m0/s1. The van der Waals surface area contributed by atoms with Crippen molar-refractivity contribution in [3.8, 4) is 6.07 Å². The maximum Gasteiger partial charge on any atom is 0.416 e. The number of aliphatic carboxylic acids is 1. The van der Waals surface area contributed by atoms with Gasteiger partial charge in [0.05, 0.1) is 23.6 Å². The minimum absolute atomic E-state index is 0.0734. The van der Waals surface area contributed by atoms with Crippen molar-refractivity contribution in [1.82, 2.24) is 5.32 Å². The number of amides is 1. The Hall–Kier alpha value is -2.77. The molecule has 0 aromatic heterocycles. The van der Waals surface area contributed by atoms with Crippen LogP contribution in [0, 0.1) is 17.2 Å². The van der Waals surface area contributed by atoms with Crippen LogP contribution < -0.4 is 5.32 Å². The van der Waals surface area contributed by atoms with Crippen LogP contribution in [0.15, 0.2) is 18.2 Å². The monoisotopic (exact) mass is 396 g/mol. The molecule has 0 aliphatic rings. The highest BCUT2D eigenvalue weighted by molar-refractivity contribution is 5.84. The molecule has 0 aliphatic heterocycles. The number of carboxylic acid groups (broad SMARTS) is 1. The minimum Gasteiger partial charge on any atom is -0.480 e. The van der Waals surface area contributed by atoms with Crippen LogP contribution in [-0.4, -0.2) is 23.0 Å². The van der Waals surface area contributed by atoms with Crippen molar-refractivity contribution < 1.29 is 41.0 Å². The number of nitriles is 1. The molecule has 2 atom stereocenters. The van der Waals surface area contributed by atoms with Crippen molar-refractivity contribution in [1.29, 1.82) is 5.26 Å². The van der Waals surface area contributed by atoms with Gasteiger partial charge in [-0.3, -0.25) is 4.79 Å². The first-order valence-corrected chi connectivity index (χ1v) is 7.44. The van der Waals surface area contributed by atoms with E-state index in [1.165, 1.54) is 6.92 Å². The van der Waals surface area contributed by atoms with E-state index in [0.717, 1.165) is 0 Å². The summed E-state index contributed by atoms with van der Waals surface area (Å²) in [4.78, 5) is 23.0. The van der Waals surface area contributed by atoms with Gasteiger partial charge in [0, 0.05) is 5.92 Å². The third-order valence-electron chi connectivity index (χ3n) is 3.46. The van der Waals surface area contributed by atoms with Gasteiger partial charge in [-0.25, -0.2) is 4.79 Å². The number of nitrogens with zero attached hydrogens (tertiary/aromatic N) is 1. The van der Waals surface area contributed by atoms with Gasteiger partial charge in [0.15, 0.2) is 0 Å². The third kappa shape index (κ3) is 6.80. The summed E-state index contributed by atoms with van der Waals surface area (Å²) in [5, 5.41) is 19.7. The van der Waals surface area contributed by atoms with Gasteiger partial charge in [0.25, 0.3) is 0 Å². The lowest BCUT2D eigenvalue weighted by atomic mass is 10.0. The second-order valence-corrected chi connectivity index (χ2v) is 5.82. The Morgan fingerprint density at radius 1 is 1.11 bits per heavy atom. The number of carbonyl (C=O) groups is 2. The van der Waals surface area contributed by atoms with Crippen LogP contribution in [0.5, 0.6) is 0 Å². The predicted octanol–water partition coefficient (Wildman–Crippen LogP) is 3.39. The topological polar surface area (TPSA) is 90.2 Å². The Labute approximate surface area is 149 Å². The second-order valence-electron chi connectivity index (χ2n) is 5.82. The van der Waals surface area contributed by atoms with Gasteiger partial charge in [-0.05, 0) is 37.1 Å². The number of hydrogen-bond acceptors (Lipinski definition) is 3. The summed E-state index contributed by atoms with van der Waals surface area (Å²) in [5.41, 5.74) is -3.73. The summed E-state index contributed by atoms with van der Waals surface area (Å²) in [6, 6.07) is 0.966. The largest absolute Gasteiger partial charge is 0.480 e. The Bertz CT molecular complexity index is 720. The number of carboxylic acids is 1. The van der Waals surface area contributed by atoms with Gasteiger partial charge in [0.2, 0.25) is 5.91 Å². The van der Waals surface area contributed by atoms with Gasteiger partial charge in [-0.1, -0.05) is 0 Å². The fourth-order valence-electron chi connectivity index (χ4n) is 2.18. The smallest absolute Gasteiger partial charge is 0.416 e. The Morgan fingerprint density at radius 2 is 1.59 bits per heavy atom. The van der Waals surface area contributed by atoms with Crippen molar-refractivity contribution in [2.45, 2.75) is 38.2 Å². The number of nitrogens with one attached hydrogen (secondary N) is 1. The highest BCUT2D eigenvalue weighted by Crippen LogP contribution is 2.36. The van der Waals surface area contributed by atoms with Gasteiger partial charge in [-0.2, -0.15) is 31.6 Å². The normalized spacial score (nSPS) is 14.1. The van der Waals surface area contributed by atoms with Crippen LogP contribution in [0.3, 0.4) is 0 Å². The van der Waals surface area contributed by atoms with Gasteiger partial charge >= 0.3 is 18.3 Å². The molecule has 0 saturated heterocycles. The quantitative estimate of drug-likeness (QED) is 0.722. The molecule has 0 aliphatic carbocycles. The molecule has 5 nitrogen and oxygen atoms in total. The van der Waals surface area contributed by atoms with Gasteiger partial charge in [0.1, 0.15) is 6.04 Å². The summed E-state index contributed by atoms with van der Waals surface area (Å²) in [5.74, 6) is -3.30. The van der Waals surface area contributed by atoms with Crippen molar-refractivity contribution in [2.75, 3.05) is 0 Å². The average Bonchev–Trinajstić information content (AvgIpc) is 2.51. The van der Waals surface area contributed by atoms with Crippen molar-refractivity contribution in [2.24, 2.45) is 5.92 Å². The molecule has 27 heavy (non-hydrogen) atoms. The van der Waals surface area contributed by atoms with E-state index in [1.807, 2.05) is 5.32 Å². The fraction of sp³-hybridized carbons (Fsp3) is 0.438. The number of halogens is 6. The van der Waals surface area contributed by atoms with Crippen LogP contribution in [0.2, 0.25) is 0 Å². The molecule has 1 aromatic carbocycles. The van der Waals surface area contributed by atoms with Crippen molar-refractivity contribution in [3.63, 3.8) is 0 Å². The van der Waals surface area contributed by atoms with E-state index in [0.29, 0.717) is 12.1 Å². The zero-order valence-electron chi connectivity index (χ0n) is 13.8. The number of rotatable bonds is 6. The maximum absolute atomic E-state index is 12.8. The lowest BCUT2D eigenvalue weighted by molar-refractivity contribution is -0.143. The summed E-state index contributed by atoms with van der Waals surface area (Å²) in [7, 11) is 0. The first-order chi connectivity index (χ1) is 12.2. The van der Waals surface area contributed by atoms with E-state index in [9.17, 15) is 35.9 Å². The van der Waals surface area contributed by atoms with E-state index < -0.39 is 59.3 Å². The zero-order valence-corrected chi connectivity index (χ0v) is 13.8. The number of alkyl halides is 6. The minimum atomic E-state index is -5.06. The molecule has 0 radical (unpaired) electrons. The molecule has 1 rings (SSSR count). The molecule has 1 amide bonds. The van der Waals surface area contributed by atoms with Crippen LogP contribution in [0.25, 0.3) is 0 Å². The lowest BCUT2D eigenvalue weighted by Crippen LogP contribution is -2.42. The Balaban J connectivity index is 3.07. The molecule has 1 aromatic rings. The summed E-state index contributed by atoms with van der Waals surface area (Å²) in [6.45, 7) is 1.39.